The van der Waals surface area contributed by atoms with Crippen molar-refractivity contribution in [2.75, 3.05) is 33.4 Å². The van der Waals surface area contributed by atoms with Crippen molar-refractivity contribution >= 4 is 5.96 Å². The number of benzene rings is 1. The topological polar surface area (TPSA) is 45.7 Å². The molecule has 0 bridgehead atoms. The molecule has 1 saturated carbocycles. The van der Waals surface area contributed by atoms with E-state index in [-0.39, 0.29) is 11.2 Å². The molecule has 0 amide bonds. The third kappa shape index (κ3) is 6.11. The summed E-state index contributed by atoms with van der Waals surface area (Å²) in [4.78, 5) is 4.22. The van der Waals surface area contributed by atoms with Crippen LogP contribution < -0.4 is 10.6 Å². The van der Waals surface area contributed by atoms with Crippen molar-refractivity contribution in [3.05, 3.63) is 35.6 Å². The van der Waals surface area contributed by atoms with E-state index in [1.165, 1.54) is 18.9 Å². The van der Waals surface area contributed by atoms with E-state index in [4.69, 9.17) is 4.74 Å². The lowest BCUT2D eigenvalue weighted by Gasteiger charge is -2.27. The third-order valence-corrected chi connectivity index (χ3v) is 4.33. The third-order valence-electron chi connectivity index (χ3n) is 4.33. The Labute approximate surface area is 144 Å². The van der Waals surface area contributed by atoms with E-state index in [1.807, 2.05) is 26.0 Å². The van der Waals surface area contributed by atoms with Gasteiger partial charge in [-0.3, -0.25) is 4.99 Å². The smallest absolute Gasteiger partial charge is 0.191 e. The van der Waals surface area contributed by atoms with E-state index >= 15 is 0 Å². The highest BCUT2D eigenvalue weighted by Crippen LogP contribution is 2.28. The number of hydrogen-bond acceptors (Lipinski definition) is 2. The minimum Gasteiger partial charge on any atom is -0.381 e. The van der Waals surface area contributed by atoms with Gasteiger partial charge in [0.05, 0.1) is 0 Å². The zero-order chi connectivity index (χ0) is 17.4. The number of ether oxygens (including phenoxy) is 1. The molecule has 0 saturated heterocycles. The molecule has 2 N–H and O–H groups in total. The molecule has 0 aromatic heterocycles. The van der Waals surface area contributed by atoms with Gasteiger partial charge in [0.1, 0.15) is 5.82 Å². The summed E-state index contributed by atoms with van der Waals surface area (Å²) in [7, 11) is 1.75. The summed E-state index contributed by atoms with van der Waals surface area (Å²) in [5.41, 5.74) is 0.387. The van der Waals surface area contributed by atoms with Gasteiger partial charge in [0.15, 0.2) is 5.96 Å². The summed E-state index contributed by atoms with van der Waals surface area (Å²) < 4.78 is 19.6. The molecule has 0 radical (unpaired) electrons. The molecule has 0 spiro atoms. The summed E-state index contributed by atoms with van der Waals surface area (Å²) >= 11 is 0. The van der Waals surface area contributed by atoms with E-state index in [2.05, 4.69) is 15.6 Å². The van der Waals surface area contributed by atoms with Gasteiger partial charge in [-0.2, -0.15) is 0 Å². The molecular weight excluding hydrogens is 305 g/mol. The molecular formula is C19H30FN3O. The van der Waals surface area contributed by atoms with Gasteiger partial charge < -0.3 is 15.4 Å². The van der Waals surface area contributed by atoms with Crippen LogP contribution in [0.4, 0.5) is 4.39 Å². The number of guanidine groups is 1. The Morgan fingerprint density at radius 3 is 2.71 bits per heavy atom. The number of rotatable bonds is 9. The van der Waals surface area contributed by atoms with Crippen molar-refractivity contribution in [2.45, 2.75) is 38.5 Å². The molecule has 0 heterocycles. The molecule has 2 rings (SSSR count). The average molecular weight is 335 g/mol. The summed E-state index contributed by atoms with van der Waals surface area (Å²) in [5.74, 6) is 1.38. The first-order valence-electron chi connectivity index (χ1n) is 8.80. The van der Waals surface area contributed by atoms with Gasteiger partial charge in [-0.25, -0.2) is 4.39 Å². The van der Waals surface area contributed by atoms with Crippen molar-refractivity contribution < 1.29 is 9.13 Å². The number of nitrogens with one attached hydrogen (secondary N) is 2. The minimum atomic E-state index is -0.323. The fourth-order valence-electron chi connectivity index (χ4n) is 2.55. The molecule has 24 heavy (non-hydrogen) atoms. The molecule has 0 aliphatic heterocycles. The molecule has 1 aromatic rings. The van der Waals surface area contributed by atoms with Gasteiger partial charge in [0.2, 0.25) is 0 Å². The second-order valence-electron chi connectivity index (χ2n) is 7.09. The van der Waals surface area contributed by atoms with Crippen LogP contribution in [0.25, 0.3) is 0 Å². The van der Waals surface area contributed by atoms with Crippen LogP contribution >= 0.6 is 0 Å². The fraction of sp³-hybridized carbons (Fsp3) is 0.632. The second-order valence-corrected chi connectivity index (χ2v) is 7.09. The van der Waals surface area contributed by atoms with E-state index < -0.39 is 0 Å². The van der Waals surface area contributed by atoms with Crippen LogP contribution in [-0.2, 0) is 10.2 Å². The maximum atomic E-state index is 14.0. The van der Waals surface area contributed by atoms with Gasteiger partial charge in [-0.05, 0) is 36.8 Å². The van der Waals surface area contributed by atoms with Crippen molar-refractivity contribution in [3.8, 4) is 0 Å². The monoisotopic (exact) mass is 335 g/mol. The van der Waals surface area contributed by atoms with Crippen LogP contribution in [0.2, 0.25) is 0 Å². The van der Waals surface area contributed by atoms with Crippen molar-refractivity contribution in [1.82, 2.24) is 10.6 Å². The minimum absolute atomic E-state index is 0.167. The largest absolute Gasteiger partial charge is 0.381 e. The molecule has 4 nitrogen and oxygen atoms in total. The number of hydrogen-bond donors (Lipinski definition) is 2. The van der Waals surface area contributed by atoms with Crippen molar-refractivity contribution in [1.29, 1.82) is 0 Å². The average Bonchev–Trinajstić information content (AvgIpc) is 3.38. The predicted molar refractivity (Wildman–Crippen MR) is 97.0 cm³/mol. The van der Waals surface area contributed by atoms with Gasteiger partial charge in [0.25, 0.3) is 0 Å². The quantitative estimate of drug-likeness (QED) is 0.414. The number of halogens is 1. The fourth-order valence-corrected chi connectivity index (χ4v) is 2.55. The van der Waals surface area contributed by atoms with Gasteiger partial charge >= 0.3 is 0 Å². The zero-order valence-electron chi connectivity index (χ0n) is 15.1. The van der Waals surface area contributed by atoms with Gasteiger partial charge in [0, 0.05) is 38.8 Å². The highest BCUT2D eigenvalue weighted by atomic mass is 19.1. The maximum Gasteiger partial charge on any atom is 0.191 e. The van der Waals surface area contributed by atoms with Crippen molar-refractivity contribution in [2.24, 2.45) is 10.9 Å². The van der Waals surface area contributed by atoms with Crippen LogP contribution in [0, 0.1) is 11.7 Å². The van der Waals surface area contributed by atoms with E-state index in [0.29, 0.717) is 12.1 Å². The Hall–Kier alpha value is -1.62. The van der Waals surface area contributed by atoms with E-state index in [9.17, 15) is 4.39 Å². The molecule has 1 aliphatic carbocycles. The Morgan fingerprint density at radius 1 is 1.29 bits per heavy atom. The Bertz CT molecular complexity index is 541. The van der Waals surface area contributed by atoms with Gasteiger partial charge in [-0.1, -0.05) is 32.0 Å². The normalized spacial score (nSPS) is 15.4. The molecule has 5 heteroatoms. The number of aliphatic imine (C=N–C) groups is 1. The molecule has 1 fully saturated rings. The first-order chi connectivity index (χ1) is 11.5. The summed E-state index contributed by atoms with van der Waals surface area (Å²) in [6.45, 7) is 7.15. The lowest BCUT2D eigenvalue weighted by Crippen LogP contribution is -2.44. The maximum absolute atomic E-state index is 14.0. The van der Waals surface area contributed by atoms with Gasteiger partial charge in [-0.15, -0.1) is 0 Å². The first kappa shape index (κ1) is 18.7. The second kappa shape index (κ2) is 9.02. The molecule has 0 unspecified atom stereocenters. The van der Waals surface area contributed by atoms with Crippen molar-refractivity contribution in [3.63, 3.8) is 0 Å². The zero-order valence-corrected chi connectivity index (χ0v) is 15.1. The lowest BCUT2D eigenvalue weighted by molar-refractivity contribution is 0.123. The summed E-state index contributed by atoms with van der Waals surface area (Å²) in [6.07, 6.45) is 3.60. The van der Waals surface area contributed by atoms with Crippen LogP contribution in [0.3, 0.4) is 0 Å². The first-order valence-corrected chi connectivity index (χ1v) is 8.80. The molecule has 1 aliphatic rings. The van der Waals surface area contributed by atoms with E-state index in [1.54, 1.807) is 13.1 Å². The molecule has 0 atom stereocenters. The summed E-state index contributed by atoms with van der Waals surface area (Å²) in [5, 5.41) is 6.56. The Balaban J connectivity index is 1.69. The Morgan fingerprint density at radius 2 is 2.04 bits per heavy atom. The lowest BCUT2D eigenvalue weighted by atomic mass is 9.84. The van der Waals surface area contributed by atoms with E-state index in [0.717, 1.165) is 38.1 Å². The highest BCUT2D eigenvalue weighted by molar-refractivity contribution is 5.79. The van der Waals surface area contributed by atoms with Crippen LogP contribution in [0.5, 0.6) is 0 Å². The number of nitrogens with zero attached hydrogens (tertiary/aromatic N) is 1. The predicted octanol–water partition coefficient (Wildman–Crippen LogP) is 3.09. The SMILES string of the molecule is CN=C(NCCCOCC1CC1)NCC(C)(C)c1ccccc1F. The molecule has 1 aromatic carbocycles. The standard InChI is InChI=1S/C19H30FN3O/c1-19(2,16-7-4-5-8-17(16)20)14-23-18(21-3)22-11-6-12-24-13-15-9-10-15/h4-5,7-8,15H,6,9-14H2,1-3H3,(H2,21,22,23). The highest BCUT2D eigenvalue weighted by Gasteiger charge is 2.24. The van der Waals surface area contributed by atoms with Crippen LogP contribution in [0.15, 0.2) is 29.3 Å². The van der Waals surface area contributed by atoms with Crippen LogP contribution in [0.1, 0.15) is 38.7 Å². The summed E-state index contributed by atoms with van der Waals surface area (Å²) in [6, 6.07) is 6.93. The molecule has 134 valence electrons. The van der Waals surface area contributed by atoms with Crippen LogP contribution in [-0.4, -0.2) is 39.3 Å². The Kier molecular flexibility index (Phi) is 7.03.